The predicted molar refractivity (Wildman–Crippen MR) is 84.5 cm³/mol. The highest BCUT2D eigenvalue weighted by molar-refractivity contribution is 7.09. The van der Waals surface area contributed by atoms with Gasteiger partial charge in [0.2, 0.25) is 0 Å². The van der Waals surface area contributed by atoms with Crippen LogP contribution in [0.25, 0.3) is 0 Å². The van der Waals surface area contributed by atoms with Crippen LogP contribution in [0, 0.1) is 6.92 Å². The van der Waals surface area contributed by atoms with Gasteiger partial charge >= 0.3 is 0 Å². The van der Waals surface area contributed by atoms with E-state index in [4.69, 9.17) is 11.6 Å². The third-order valence-electron chi connectivity index (χ3n) is 3.07. The van der Waals surface area contributed by atoms with E-state index in [1.54, 1.807) is 17.5 Å². The van der Waals surface area contributed by atoms with E-state index in [-0.39, 0.29) is 6.04 Å². The molecule has 0 saturated heterocycles. The third kappa shape index (κ3) is 3.40. The molecule has 1 atom stereocenters. The van der Waals surface area contributed by atoms with Crippen LogP contribution in [0.2, 0.25) is 5.02 Å². The van der Waals surface area contributed by atoms with Crippen molar-refractivity contribution in [2.24, 2.45) is 0 Å². The summed E-state index contributed by atoms with van der Waals surface area (Å²) in [5.41, 5.74) is 2.05. The topological polar surface area (TPSA) is 42.7 Å². The molecular weight excluding hydrogens is 292 g/mol. The smallest absolute Gasteiger partial charge is 0.0945 e. The number of nitrogens with zero attached hydrogens (tertiary/aromatic N) is 3. The Kier molecular flexibility index (Phi) is 5.57. The standard InChI is InChI=1S/C14H21ClN4S/c1-4-6-16-13(12-9-20-10(3)18-12)14-11(15)8-17-19(14)7-5-2/h8-9,13,16H,4-7H2,1-3H3. The van der Waals surface area contributed by atoms with Crippen molar-refractivity contribution in [1.82, 2.24) is 20.1 Å². The Labute approximate surface area is 129 Å². The van der Waals surface area contributed by atoms with Crippen molar-refractivity contribution in [1.29, 1.82) is 0 Å². The van der Waals surface area contributed by atoms with Crippen molar-refractivity contribution in [3.05, 3.63) is 33.0 Å². The number of aromatic nitrogens is 3. The zero-order valence-corrected chi connectivity index (χ0v) is 13.8. The maximum Gasteiger partial charge on any atom is 0.0945 e. The Balaban J connectivity index is 2.37. The highest BCUT2D eigenvalue weighted by atomic mass is 35.5. The minimum absolute atomic E-state index is 0.0152. The summed E-state index contributed by atoms with van der Waals surface area (Å²) < 4.78 is 1.99. The van der Waals surface area contributed by atoms with Gasteiger partial charge in [0.05, 0.1) is 33.7 Å². The number of hydrogen-bond acceptors (Lipinski definition) is 4. The average Bonchev–Trinajstić information content (AvgIpc) is 3.00. The molecule has 1 unspecified atom stereocenters. The Bertz CT molecular complexity index is 549. The molecule has 2 rings (SSSR count). The summed E-state index contributed by atoms with van der Waals surface area (Å²) in [4.78, 5) is 4.62. The number of hydrogen-bond donors (Lipinski definition) is 1. The van der Waals surface area contributed by atoms with E-state index in [2.05, 4.69) is 34.6 Å². The number of nitrogens with one attached hydrogen (secondary N) is 1. The van der Waals surface area contributed by atoms with Gasteiger partial charge in [0.1, 0.15) is 0 Å². The maximum atomic E-state index is 6.36. The first-order valence-electron chi connectivity index (χ1n) is 7.04. The van der Waals surface area contributed by atoms with Crippen molar-refractivity contribution < 1.29 is 0 Å². The first-order chi connectivity index (χ1) is 9.67. The van der Waals surface area contributed by atoms with Crippen LogP contribution in [0.1, 0.15) is 49.1 Å². The predicted octanol–water partition coefficient (Wildman–Crippen LogP) is 3.80. The molecule has 0 fully saturated rings. The Morgan fingerprint density at radius 1 is 1.40 bits per heavy atom. The summed E-state index contributed by atoms with van der Waals surface area (Å²) in [5, 5.41) is 11.8. The summed E-state index contributed by atoms with van der Waals surface area (Å²) >= 11 is 8.03. The van der Waals surface area contributed by atoms with Crippen LogP contribution in [0.3, 0.4) is 0 Å². The number of thiazole rings is 1. The fourth-order valence-corrected chi connectivity index (χ4v) is 3.08. The van der Waals surface area contributed by atoms with Gasteiger partial charge in [-0.3, -0.25) is 4.68 Å². The monoisotopic (exact) mass is 312 g/mol. The van der Waals surface area contributed by atoms with Crippen molar-refractivity contribution >= 4 is 22.9 Å². The molecule has 2 heterocycles. The van der Waals surface area contributed by atoms with E-state index in [0.717, 1.165) is 42.3 Å². The lowest BCUT2D eigenvalue weighted by molar-refractivity contribution is 0.506. The van der Waals surface area contributed by atoms with Crippen molar-refractivity contribution in [3.8, 4) is 0 Å². The van der Waals surface area contributed by atoms with Crippen LogP contribution in [-0.2, 0) is 6.54 Å². The molecule has 0 aliphatic heterocycles. The number of aryl methyl sites for hydroxylation is 2. The van der Waals surface area contributed by atoms with Crippen LogP contribution in [0.5, 0.6) is 0 Å². The van der Waals surface area contributed by atoms with Gasteiger partial charge in [-0.05, 0) is 26.3 Å². The number of rotatable bonds is 7. The lowest BCUT2D eigenvalue weighted by atomic mass is 10.1. The van der Waals surface area contributed by atoms with Gasteiger partial charge in [-0.2, -0.15) is 5.10 Å². The second kappa shape index (κ2) is 7.20. The van der Waals surface area contributed by atoms with Crippen LogP contribution in [-0.4, -0.2) is 21.3 Å². The molecule has 0 saturated carbocycles. The Morgan fingerprint density at radius 3 is 2.80 bits per heavy atom. The maximum absolute atomic E-state index is 6.36. The largest absolute Gasteiger partial charge is 0.304 e. The Hall–Kier alpha value is -0.910. The molecule has 6 heteroatoms. The SMILES string of the molecule is CCCNC(c1csc(C)n1)c1c(Cl)cnn1CCC. The van der Waals surface area contributed by atoms with E-state index in [1.165, 1.54) is 0 Å². The van der Waals surface area contributed by atoms with Gasteiger partial charge < -0.3 is 5.32 Å². The molecule has 0 aliphatic rings. The van der Waals surface area contributed by atoms with Gasteiger partial charge in [0, 0.05) is 11.9 Å². The lowest BCUT2D eigenvalue weighted by Gasteiger charge is -2.19. The molecule has 2 aromatic rings. The summed E-state index contributed by atoms with van der Waals surface area (Å²) in [6.45, 7) is 8.11. The first kappa shape index (κ1) is 15.5. The van der Waals surface area contributed by atoms with Crippen LogP contribution >= 0.6 is 22.9 Å². The molecule has 1 N–H and O–H groups in total. The third-order valence-corrected chi connectivity index (χ3v) is 4.16. The average molecular weight is 313 g/mol. The molecular formula is C14H21ClN4S. The van der Waals surface area contributed by atoms with E-state index in [9.17, 15) is 0 Å². The minimum Gasteiger partial charge on any atom is -0.304 e. The highest BCUT2D eigenvalue weighted by Crippen LogP contribution is 2.29. The molecule has 2 aromatic heterocycles. The normalized spacial score (nSPS) is 12.8. The van der Waals surface area contributed by atoms with Gasteiger partial charge in [-0.1, -0.05) is 25.4 Å². The minimum atomic E-state index is 0.0152. The molecule has 4 nitrogen and oxygen atoms in total. The first-order valence-corrected chi connectivity index (χ1v) is 8.29. The summed E-state index contributed by atoms with van der Waals surface area (Å²) in [5.74, 6) is 0. The van der Waals surface area contributed by atoms with Gasteiger partial charge in [-0.25, -0.2) is 4.98 Å². The lowest BCUT2D eigenvalue weighted by Crippen LogP contribution is -2.26. The zero-order chi connectivity index (χ0) is 14.5. The quantitative estimate of drug-likeness (QED) is 0.845. The second-order valence-corrected chi connectivity index (χ2v) is 6.25. The summed E-state index contributed by atoms with van der Waals surface area (Å²) in [6.07, 6.45) is 3.83. The van der Waals surface area contributed by atoms with Crippen LogP contribution in [0.4, 0.5) is 0 Å². The molecule has 0 amide bonds. The van der Waals surface area contributed by atoms with Gasteiger partial charge in [-0.15, -0.1) is 11.3 Å². The van der Waals surface area contributed by atoms with E-state index in [1.807, 2.05) is 11.6 Å². The molecule has 110 valence electrons. The molecule has 0 bridgehead atoms. The molecule has 20 heavy (non-hydrogen) atoms. The van der Waals surface area contributed by atoms with Crippen LogP contribution < -0.4 is 5.32 Å². The zero-order valence-electron chi connectivity index (χ0n) is 12.2. The molecule has 0 aromatic carbocycles. The fourth-order valence-electron chi connectivity index (χ4n) is 2.19. The molecule has 0 radical (unpaired) electrons. The van der Waals surface area contributed by atoms with Crippen molar-refractivity contribution in [2.45, 2.75) is 46.2 Å². The highest BCUT2D eigenvalue weighted by Gasteiger charge is 2.23. The van der Waals surface area contributed by atoms with E-state index >= 15 is 0 Å². The van der Waals surface area contributed by atoms with E-state index in [0.29, 0.717) is 5.02 Å². The fraction of sp³-hybridized carbons (Fsp3) is 0.571. The van der Waals surface area contributed by atoms with Gasteiger partial charge in [0.25, 0.3) is 0 Å². The molecule has 0 spiro atoms. The number of halogens is 1. The second-order valence-electron chi connectivity index (χ2n) is 4.78. The van der Waals surface area contributed by atoms with Crippen LogP contribution in [0.15, 0.2) is 11.6 Å². The summed E-state index contributed by atoms with van der Waals surface area (Å²) in [7, 11) is 0. The van der Waals surface area contributed by atoms with E-state index < -0.39 is 0 Å². The van der Waals surface area contributed by atoms with Gasteiger partial charge in [0.15, 0.2) is 0 Å². The summed E-state index contributed by atoms with van der Waals surface area (Å²) in [6, 6.07) is 0.0152. The Morgan fingerprint density at radius 2 is 2.20 bits per heavy atom. The van der Waals surface area contributed by atoms with Crippen molar-refractivity contribution in [2.75, 3.05) is 6.54 Å². The molecule has 0 aliphatic carbocycles. The van der Waals surface area contributed by atoms with Crippen molar-refractivity contribution in [3.63, 3.8) is 0 Å².